The minimum Gasteiger partial charge on any atom is -0.489 e. The summed E-state index contributed by atoms with van der Waals surface area (Å²) in [4.78, 5) is 15.8. The fraction of sp³-hybridized carbons (Fsp3) is 0.0741. The number of nitrogens with one attached hydrogen (secondary N) is 3. The number of benzene rings is 3. The van der Waals surface area contributed by atoms with E-state index in [9.17, 15) is 4.79 Å². The van der Waals surface area contributed by atoms with Crippen molar-refractivity contribution in [3.8, 4) is 17.0 Å². The lowest BCUT2D eigenvalue weighted by atomic mass is 10.1. The summed E-state index contributed by atoms with van der Waals surface area (Å²) in [5.41, 5.74) is 8.22. The van der Waals surface area contributed by atoms with Crippen molar-refractivity contribution in [3.05, 3.63) is 106 Å². The third-order valence-corrected chi connectivity index (χ3v) is 6.00. The normalized spacial score (nSPS) is 11.3. The first-order valence-electron chi connectivity index (χ1n) is 11.0. The van der Waals surface area contributed by atoms with Crippen LogP contribution in [0, 0.1) is 6.92 Å². The Labute approximate surface area is 206 Å². The highest BCUT2D eigenvalue weighted by Crippen LogP contribution is 2.23. The molecular weight excluding hydrogens is 462 g/mol. The summed E-state index contributed by atoms with van der Waals surface area (Å²) in [7, 11) is 0. The molecule has 35 heavy (non-hydrogen) atoms. The predicted octanol–water partition coefficient (Wildman–Crippen LogP) is 5.86. The number of ether oxygens (including phenoxy) is 1. The molecule has 7 nitrogen and oxygen atoms in total. The molecule has 174 valence electrons. The van der Waals surface area contributed by atoms with Crippen LogP contribution in [0.3, 0.4) is 0 Å². The van der Waals surface area contributed by atoms with Gasteiger partial charge in [0, 0.05) is 38.3 Å². The highest BCUT2D eigenvalue weighted by atomic mass is 35.5. The number of fused-ring (bicyclic) bond motifs is 1. The molecule has 0 aliphatic rings. The molecule has 0 atom stereocenters. The Balaban J connectivity index is 1.21. The summed E-state index contributed by atoms with van der Waals surface area (Å²) < 4.78 is 5.82. The largest absolute Gasteiger partial charge is 0.489 e. The molecular formula is C27H22ClN5O2. The maximum absolute atomic E-state index is 12.5. The number of aromatic nitrogens is 3. The molecule has 2 aromatic heterocycles. The molecule has 2 heterocycles. The van der Waals surface area contributed by atoms with Crippen LogP contribution in [0.1, 0.15) is 27.3 Å². The molecule has 5 aromatic rings. The third-order valence-electron chi connectivity index (χ3n) is 5.63. The van der Waals surface area contributed by atoms with Gasteiger partial charge in [-0.2, -0.15) is 10.2 Å². The van der Waals surface area contributed by atoms with Crippen LogP contribution in [0.5, 0.6) is 5.75 Å². The summed E-state index contributed by atoms with van der Waals surface area (Å²) in [5, 5.41) is 12.9. The molecule has 0 radical (unpaired) electrons. The van der Waals surface area contributed by atoms with Crippen molar-refractivity contribution < 1.29 is 9.53 Å². The number of hydrogen-bond acceptors (Lipinski definition) is 4. The van der Waals surface area contributed by atoms with E-state index in [2.05, 4.69) is 25.7 Å². The van der Waals surface area contributed by atoms with E-state index in [1.807, 2.05) is 79.7 Å². The number of hydrazone groups is 1. The number of carbonyl (C=O) groups is 1. The number of rotatable bonds is 7. The van der Waals surface area contributed by atoms with Gasteiger partial charge >= 0.3 is 0 Å². The number of carbonyl (C=O) groups excluding carboxylic acids is 1. The number of aryl methyl sites for hydroxylation is 1. The quantitative estimate of drug-likeness (QED) is 0.200. The maximum Gasteiger partial charge on any atom is 0.289 e. The van der Waals surface area contributed by atoms with E-state index >= 15 is 0 Å². The van der Waals surface area contributed by atoms with Crippen molar-refractivity contribution in [2.45, 2.75) is 13.5 Å². The molecule has 0 aliphatic heterocycles. The Bertz CT molecular complexity index is 1520. The van der Waals surface area contributed by atoms with Crippen LogP contribution >= 0.6 is 11.6 Å². The van der Waals surface area contributed by atoms with E-state index in [-0.39, 0.29) is 5.91 Å². The van der Waals surface area contributed by atoms with E-state index in [1.165, 1.54) is 0 Å². The first kappa shape index (κ1) is 22.4. The Hall–Kier alpha value is -4.36. The molecule has 0 fully saturated rings. The number of para-hydroxylation sites is 1. The summed E-state index contributed by atoms with van der Waals surface area (Å²) in [6.07, 6.45) is 1.64. The fourth-order valence-corrected chi connectivity index (χ4v) is 3.96. The Morgan fingerprint density at radius 1 is 1.09 bits per heavy atom. The molecule has 0 saturated carbocycles. The number of amides is 1. The standard InChI is InChI=1S/C27H22ClN5O2/c1-17-22(21-7-3-5-9-24(21)30-17)15-29-33-27(34)26-14-25(31-32-26)18-10-12-20(13-11-18)35-16-19-6-2-4-8-23(19)28/h2-15,30H,16H2,1H3,(H,31,32)(H,33,34)/b29-15-. The highest BCUT2D eigenvalue weighted by Gasteiger charge is 2.11. The molecule has 0 bridgehead atoms. The highest BCUT2D eigenvalue weighted by molar-refractivity contribution is 6.31. The lowest BCUT2D eigenvalue weighted by Crippen LogP contribution is -2.18. The summed E-state index contributed by atoms with van der Waals surface area (Å²) in [6, 6.07) is 24.7. The van der Waals surface area contributed by atoms with E-state index in [4.69, 9.17) is 16.3 Å². The van der Waals surface area contributed by atoms with Gasteiger partial charge in [-0.05, 0) is 49.4 Å². The van der Waals surface area contributed by atoms with Crippen molar-refractivity contribution in [1.82, 2.24) is 20.6 Å². The lowest BCUT2D eigenvalue weighted by Gasteiger charge is -2.08. The molecule has 1 amide bonds. The predicted molar refractivity (Wildman–Crippen MR) is 138 cm³/mol. The van der Waals surface area contributed by atoms with Crippen LogP contribution in [-0.4, -0.2) is 27.3 Å². The summed E-state index contributed by atoms with van der Waals surface area (Å²) in [6.45, 7) is 2.35. The third kappa shape index (κ3) is 4.95. The second-order valence-corrected chi connectivity index (χ2v) is 8.39. The zero-order chi connectivity index (χ0) is 24.2. The molecule has 0 saturated heterocycles. The molecule has 8 heteroatoms. The van der Waals surface area contributed by atoms with Crippen LogP contribution in [0.25, 0.3) is 22.2 Å². The first-order chi connectivity index (χ1) is 17.1. The zero-order valence-corrected chi connectivity index (χ0v) is 19.6. The van der Waals surface area contributed by atoms with Crippen LogP contribution in [-0.2, 0) is 6.61 Å². The van der Waals surface area contributed by atoms with Gasteiger partial charge in [-0.3, -0.25) is 9.89 Å². The molecule has 0 spiro atoms. The number of halogens is 1. The molecule has 0 unspecified atom stereocenters. The van der Waals surface area contributed by atoms with E-state index < -0.39 is 0 Å². The van der Waals surface area contributed by atoms with Crippen LogP contribution in [0.15, 0.2) is 84.0 Å². The van der Waals surface area contributed by atoms with Gasteiger partial charge in [-0.15, -0.1) is 0 Å². The van der Waals surface area contributed by atoms with Gasteiger partial charge in [0.05, 0.1) is 11.9 Å². The average Bonchev–Trinajstić information content (AvgIpc) is 3.49. The van der Waals surface area contributed by atoms with Crippen molar-refractivity contribution in [2.75, 3.05) is 0 Å². The SMILES string of the molecule is Cc1[nH]c2ccccc2c1/C=N\NC(=O)c1cc(-c2ccc(OCc3ccccc3Cl)cc2)n[nH]1. The minimum absolute atomic E-state index is 0.312. The molecule has 0 aliphatic carbocycles. The van der Waals surface area contributed by atoms with Crippen LogP contribution in [0.4, 0.5) is 0 Å². The lowest BCUT2D eigenvalue weighted by molar-refractivity contribution is 0.0950. The molecule has 3 aromatic carbocycles. The van der Waals surface area contributed by atoms with Crippen LogP contribution < -0.4 is 10.2 Å². The van der Waals surface area contributed by atoms with Crippen molar-refractivity contribution in [1.29, 1.82) is 0 Å². The van der Waals surface area contributed by atoms with Crippen molar-refractivity contribution in [2.24, 2.45) is 5.10 Å². The second kappa shape index (κ2) is 9.87. The Morgan fingerprint density at radius 2 is 1.86 bits per heavy atom. The van der Waals surface area contributed by atoms with Crippen molar-refractivity contribution >= 4 is 34.6 Å². The smallest absolute Gasteiger partial charge is 0.289 e. The first-order valence-corrected chi connectivity index (χ1v) is 11.4. The van der Waals surface area contributed by atoms with E-state index in [0.29, 0.717) is 28.8 Å². The number of H-pyrrole nitrogens is 2. The summed E-state index contributed by atoms with van der Waals surface area (Å²) >= 11 is 6.18. The molecule has 5 rings (SSSR count). The van der Waals surface area contributed by atoms with Crippen molar-refractivity contribution in [3.63, 3.8) is 0 Å². The van der Waals surface area contributed by atoms with Gasteiger partial charge in [0.2, 0.25) is 0 Å². The number of aromatic amines is 2. The monoisotopic (exact) mass is 483 g/mol. The van der Waals surface area contributed by atoms with Gasteiger partial charge in [0.15, 0.2) is 0 Å². The van der Waals surface area contributed by atoms with Crippen LogP contribution in [0.2, 0.25) is 5.02 Å². The Kier molecular flexibility index (Phi) is 6.32. The molecule has 3 N–H and O–H groups in total. The summed E-state index contributed by atoms with van der Waals surface area (Å²) in [5.74, 6) is 0.335. The van der Waals surface area contributed by atoms with Gasteiger partial charge in [0.25, 0.3) is 5.91 Å². The van der Waals surface area contributed by atoms with Gasteiger partial charge in [0.1, 0.15) is 18.1 Å². The van der Waals surface area contributed by atoms with E-state index in [1.54, 1.807) is 12.3 Å². The van der Waals surface area contributed by atoms with Gasteiger partial charge < -0.3 is 9.72 Å². The minimum atomic E-state index is -0.378. The Morgan fingerprint density at radius 3 is 2.69 bits per heavy atom. The zero-order valence-electron chi connectivity index (χ0n) is 18.9. The number of hydrogen-bond donors (Lipinski definition) is 3. The number of nitrogens with zero attached hydrogens (tertiary/aromatic N) is 2. The second-order valence-electron chi connectivity index (χ2n) is 7.98. The maximum atomic E-state index is 12.5. The van der Waals surface area contributed by atoms with E-state index in [0.717, 1.165) is 33.3 Å². The fourth-order valence-electron chi connectivity index (χ4n) is 3.76. The van der Waals surface area contributed by atoms with Gasteiger partial charge in [-0.25, -0.2) is 5.43 Å². The topological polar surface area (TPSA) is 95.2 Å². The average molecular weight is 484 g/mol. The van der Waals surface area contributed by atoms with Gasteiger partial charge in [-0.1, -0.05) is 48.0 Å².